The molecule has 2 atom stereocenters. The van der Waals surface area contributed by atoms with Crippen LogP contribution in [-0.2, 0) is 4.79 Å². The van der Waals surface area contributed by atoms with E-state index in [1.807, 2.05) is 0 Å². The van der Waals surface area contributed by atoms with Crippen molar-refractivity contribution in [3.05, 3.63) is 34.9 Å². The first kappa shape index (κ1) is 23.1. The van der Waals surface area contributed by atoms with E-state index < -0.39 is 29.7 Å². The second kappa shape index (κ2) is 9.53. The van der Waals surface area contributed by atoms with E-state index in [1.165, 1.54) is 21.1 Å². The SMILES string of the molecule is COc1ccc(C(N)CC(=O)N[C@H](C(=O)c2c(O)[nH]c(O)c2C)C(C)C)cc1OC. The Morgan fingerprint density at radius 2 is 1.77 bits per heavy atom. The lowest BCUT2D eigenvalue weighted by Gasteiger charge is -2.22. The van der Waals surface area contributed by atoms with E-state index in [0.717, 1.165) is 0 Å². The summed E-state index contributed by atoms with van der Waals surface area (Å²) in [7, 11) is 3.03. The maximum absolute atomic E-state index is 12.9. The number of aromatic hydroxyl groups is 2. The molecule has 0 spiro atoms. The second-order valence-electron chi connectivity index (χ2n) is 7.40. The average molecular weight is 419 g/mol. The highest BCUT2D eigenvalue weighted by atomic mass is 16.5. The maximum atomic E-state index is 12.9. The first-order valence-corrected chi connectivity index (χ1v) is 9.52. The van der Waals surface area contributed by atoms with Gasteiger partial charge in [0.05, 0.1) is 25.8 Å². The number of ketones is 1. The number of hydrogen-bond acceptors (Lipinski definition) is 7. The van der Waals surface area contributed by atoms with Crippen LogP contribution in [-0.4, -0.2) is 47.1 Å². The molecule has 164 valence electrons. The summed E-state index contributed by atoms with van der Waals surface area (Å²) in [4.78, 5) is 27.8. The summed E-state index contributed by atoms with van der Waals surface area (Å²) in [5, 5.41) is 22.3. The molecule has 2 rings (SSSR count). The van der Waals surface area contributed by atoms with Gasteiger partial charge in [0.1, 0.15) is 0 Å². The number of nitrogens with two attached hydrogens (primary N) is 1. The lowest BCUT2D eigenvalue weighted by Crippen LogP contribution is -2.45. The highest BCUT2D eigenvalue weighted by Crippen LogP contribution is 2.31. The fourth-order valence-corrected chi connectivity index (χ4v) is 3.19. The third-order valence-corrected chi connectivity index (χ3v) is 4.96. The molecule has 1 heterocycles. The van der Waals surface area contributed by atoms with Gasteiger partial charge in [0.2, 0.25) is 11.8 Å². The van der Waals surface area contributed by atoms with E-state index in [2.05, 4.69) is 10.3 Å². The van der Waals surface area contributed by atoms with Crippen LogP contribution in [0.4, 0.5) is 0 Å². The van der Waals surface area contributed by atoms with Crippen LogP contribution in [0.1, 0.15) is 47.8 Å². The molecule has 0 saturated carbocycles. The molecule has 6 N–H and O–H groups in total. The Morgan fingerprint density at radius 3 is 2.27 bits per heavy atom. The molecule has 9 nitrogen and oxygen atoms in total. The third-order valence-electron chi connectivity index (χ3n) is 4.96. The number of rotatable bonds is 9. The van der Waals surface area contributed by atoms with Gasteiger partial charge in [0.15, 0.2) is 23.2 Å². The van der Waals surface area contributed by atoms with Crippen LogP contribution < -0.4 is 20.5 Å². The monoisotopic (exact) mass is 419 g/mol. The minimum Gasteiger partial charge on any atom is -0.494 e. The standard InChI is InChI=1S/C21H29N3O6/c1-10(2)18(19(26)17-11(3)20(27)24-21(17)28)23-16(25)9-13(22)12-6-7-14(29-4)15(8-12)30-5/h6-8,10,13,18,24,27-28H,9,22H2,1-5H3,(H,23,25)/t13?,18-/m0/s1. The van der Waals surface area contributed by atoms with Crippen molar-refractivity contribution >= 4 is 11.7 Å². The molecule has 1 aromatic carbocycles. The van der Waals surface area contributed by atoms with Crippen molar-refractivity contribution in [3.63, 3.8) is 0 Å². The summed E-state index contributed by atoms with van der Waals surface area (Å²) in [5.41, 5.74) is 7.04. The molecule has 0 aliphatic rings. The Bertz CT molecular complexity index is 922. The van der Waals surface area contributed by atoms with Crippen molar-refractivity contribution in [2.45, 2.75) is 39.3 Å². The smallest absolute Gasteiger partial charge is 0.222 e. The van der Waals surface area contributed by atoms with Crippen molar-refractivity contribution < 1.29 is 29.3 Å². The summed E-state index contributed by atoms with van der Waals surface area (Å²) < 4.78 is 10.5. The van der Waals surface area contributed by atoms with Crippen LogP contribution in [0.15, 0.2) is 18.2 Å². The number of Topliss-reactive ketones (excluding diaryl/α,β-unsaturated/α-hetero) is 1. The van der Waals surface area contributed by atoms with Crippen LogP contribution in [0.2, 0.25) is 0 Å². The molecule has 30 heavy (non-hydrogen) atoms. The molecule has 0 fully saturated rings. The molecule has 0 aliphatic carbocycles. The molecular formula is C21H29N3O6. The number of ether oxygens (including phenoxy) is 2. The van der Waals surface area contributed by atoms with Gasteiger partial charge in [-0.1, -0.05) is 19.9 Å². The molecule has 0 radical (unpaired) electrons. The van der Waals surface area contributed by atoms with Gasteiger partial charge in [-0.3, -0.25) is 14.6 Å². The van der Waals surface area contributed by atoms with Crippen molar-refractivity contribution in [1.29, 1.82) is 0 Å². The average Bonchev–Trinajstić information content (AvgIpc) is 2.96. The van der Waals surface area contributed by atoms with Gasteiger partial charge >= 0.3 is 0 Å². The van der Waals surface area contributed by atoms with Crippen LogP contribution in [0.3, 0.4) is 0 Å². The van der Waals surface area contributed by atoms with Gasteiger partial charge < -0.3 is 30.7 Å². The van der Waals surface area contributed by atoms with E-state index in [-0.39, 0.29) is 29.3 Å². The van der Waals surface area contributed by atoms with Gasteiger partial charge in [-0.2, -0.15) is 0 Å². The topological polar surface area (TPSA) is 147 Å². The van der Waals surface area contributed by atoms with Gasteiger partial charge in [-0.25, -0.2) is 0 Å². The lowest BCUT2D eigenvalue weighted by molar-refractivity contribution is -0.122. The highest BCUT2D eigenvalue weighted by molar-refractivity contribution is 6.05. The summed E-state index contributed by atoms with van der Waals surface area (Å²) >= 11 is 0. The van der Waals surface area contributed by atoms with E-state index in [1.54, 1.807) is 32.0 Å². The number of amides is 1. The molecule has 2 aromatic rings. The minimum absolute atomic E-state index is 0.0457. The molecule has 0 aliphatic heterocycles. The van der Waals surface area contributed by atoms with E-state index in [4.69, 9.17) is 15.2 Å². The van der Waals surface area contributed by atoms with Crippen LogP contribution in [0, 0.1) is 12.8 Å². The van der Waals surface area contributed by atoms with Crippen molar-refractivity contribution in [3.8, 4) is 23.3 Å². The molecule has 1 unspecified atom stereocenters. The fraction of sp³-hybridized carbons (Fsp3) is 0.429. The Morgan fingerprint density at radius 1 is 1.13 bits per heavy atom. The maximum Gasteiger partial charge on any atom is 0.222 e. The fourth-order valence-electron chi connectivity index (χ4n) is 3.19. The molecule has 1 aromatic heterocycles. The third kappa shape index (κ3) is 4.85. The number of aromatic nitrogens is 1. The van der Waals surface area contributed by atoms with Crippen LogP contribution in [0.5, 0.6) is 23.3 Å². The summed E-state index contributed by atoms with van der Waals surface area (Å²) in [6.07, 6.45) is -0.0602. The number of carbonyl (C=O) groups is 2. The number of H-pyrrole nitrogens is 1. The first-order valence-electron chi connectivity index (χ1n) is 9.52. The largest absolute Gasteiger partial charge is 0.494 e. The molecule has 1 amide bonds. The zero-order valence-corrected chi connectivity index (χ0v) is 17.8. The van der Waals surface area contributed by atoms with Crippen LogP contribution >= 0.6 is 0 Å². The molecule has 0 bridgehead atoms. The van der Waals surface area contributed by atoms with Gasteiger partial charge in [-0.05, 0) is 30.5 Å². The van der Waals surface area contributed by atoms with Crippen molar-refractivity contribution in [1.82, 2.24) is 10.3 Å². The zero-order chi connectivity index (χ0) is 22.6. The van der Waals surface area contributed by atoms with E-state index in [9.17, 15) is 19.8 Å². The Hall–Kier alpha value is -3.20. The zero-order valence-electron chi connectivity index (χ0n) is 17.8. The number of benzene rings is 1. The second-order valence-corrected chi connectivity index (χ2v) is 7.40. The number of carbonyl (C=O) groups excluding carboxylic acids is 2. The summed E-state index contributed by atoms with van der Waals surface area (Å²) in [5.74, 6) is -0.842. The minimum atomic E-state index is -0.894. The Labute approximate surface area is 175 Å². The first-order chi connectivity index (χ1) is 14.1. The lowest BCUT2D eigenvalue weighted by atomic mass is 9.93. The molecule has 9 heteroatoms. The van der Waals surface area contributed by atoms with Crippen molar-refractivity contribution in [2.24, 2.45) is 11.7 Å². The van der Waals surface area contributed by atoms with E-state index >= 15 is 0 Å². The number of hydrogen-bond donors (Lipinski definition) is 5. The molecule has 0 saturated heterocycles. The van der Waals surface area contributed by atoms with Crippen molar-refractivity contribution in [2.75, 3.05) is 14.2 Å². The van der Waals surface area contributed by atoms with Gasteiger partial charge in [0.25, 0.3) is 0 Å². The van der Waals surface area contributed by atoms with Gasteiger partial charge in [0, 0.05) is 18.0 Å². The Balaban J connectivity index is 2.15. The quantitative estimate of drug-likeness (QED) is 0.391. The highest BCUT2D eigenvalue weighted by Gasteiger charge is 2.31. The van der Waals surface area contributed by atoms with E-state index in [0.29, 0.717) is 17.1 Å². The Kier molecular flexibility index (Phi) is 7.33. The normalized spacial score (nSPS) is 13.0. The number of nitrogens with one attached hydrogen (secondary N) is 2. The van der Waals surface area contributed by atoms with Crippen LogP contribution in [0.25, 0.3) is 0 Å². The predicted molar refractivity (Wildman–Crippen MR) is 111 cm³/mol. The predicted octanol–water partition coefficient (Wildman–Crippen LogP) is 2.17. The van der Waals surface area contributed by atoms with Gasteiger partial charge in [-0.15, -0.1) is 0 Å². The summed E-state index contributed by atoms with van der Waals surface area (Å²) in [6.45, 7) is 5.05. The number of aromatic amines is 1. The number of methoxy groups -OCH3 is 2. The summed E-state index contributed by atoms with van der Waals surface area (Å²) in [6, 6.07) is 3.63. The molecular weight excluding hydrogens is 390 g/mol.